The van der Waals surface area contributed by atoms with Crippen molar-refractivity contribution >= 4 is 38.9 Å². The third-order valence-corrected chi connectivity index (χ3v) is 5.18. The number of alkyl halides is 1. The zero-order chi connectivity index (χ0) is 13.1. The van der Waals surface area contributed by atoms with Crippen LogP contribution in [-0.2, 0) is 0 Å². The van der Waals surface area contributed by atoms with E-state index in [0.717, 1.165) is 20.7 Å². The fraction of sp³-hybridized carbons (Fsp3) is 0.286. The van der Waals surface area contributed by atoms with E-state index >= 15 is 0 Å². The monoisotopic (exact) mass is 344 g/mol. The molecule has 2 aromatic rings. The van der Waals surface area contributed by atoms with Crippen LogP contribution in [0.1, 0.15) is 27.6 Å². The van der Waals surface area contributed by atoms with Crippen LogP contribution in [0.4, 0.5) is 0 Å². The van der Waals surface area contributed by atoms with Crippen LogP contribution >= 0.6 is 38.9 Å². The number of thiophene rings is 1. The molecule has 1 nitrogen and oxygen atoms in total. The molecule has 0 aliphatic rings. The summed E-state index contributed by atoms with van der Waals surface area (Å²) in [4.78, 5) is 2.37. The van der Waals surface area contributed by atoms with Crippen molar-refractivity contribution < 1.29 is 4.74 Å². The van der Waals surface area contributed by atoms with Crippen molar-refractivity contribution in [1.82, 2.24) is 0 Å². The van der Waals surface area contributed by atoms with Gasteiger partial charge in [-0.25, -0.2) is 0 Å². The number of ether oxygens (including phenoxy) is 1. The minimum atomic E-state index is -0.180. The van der Waals surface area contributed by atoms with Gasteiger partial charge in [-0.15, -0.1) is 22.9 Å². The maximum Gasteiger partial charge on any atom is 0.124 e. The predicted octanol–water partition coefficient (Wildman–Crippen LogP) is 5.55. The summed E-state index contributed by atoms with van der Waals surface area (Å²) in [5.74, 6) is 0.859. The first kappa shape index (κ1) is 13.9. The molecule has 0 saturated carbocycles. The Morgan fingerprint density at radius 3 is 2.72 bits per heavy atom. The van der Waals surface area contributed by atoms with E-state index in [2.05, 4.69) is 28.9 Å². The predicted molar refractivity (Wildman–Crippen MR) is 82.1 cm³/mol. The maximum absolute atomic E-state index is 6.59. The lowest BCUT2D eigenvalue weighted by Gasteiger charge is -2.14. The summed E-state index contributed by atoms with van der Waals surface area (Å²) in [6.45, 7) is 4.70. The first-order chi connectivity index (χ1) is 8.63. The normalized spacial score (nSPS) is 12.4. The van der Waals surface area contributed by atoms with Crippen LogP contribution in [0.5, 0.6) is 5.75 Å². The molecule has 0 fully saturated rings. The highest BCUT2D eigenvalue weighted by atomic mass is 79.9. The van der Waals surface area contributed by atoms with Gasteiger partial charge in [0, 0.05) is 19.8 Å². The zero-order valence-electron chi connectivity index (χ0n) is 10.2. The highest BCUT2D eigenvalue weighted by Crippen LogP contribution is 2.42. The van der Waals surface area contributed by atoms with Gasteiger partial charge < -0.3 is 4.74 Å². The molecule has 0 aliphatic heterocycles. The van der Waals surface area contributed by atoms with Crippen LogP contribution in [0.25, 0.3) is 0 Å². The van der Waals surface area contributed by atoms with Crippen molar-refractivity contribution in [3.05, 3.63) is 50.1 Å². The number of rotatable bonds is 4. The van der Waals surface area contributed by atoms with Crippen molar-refractivity contribution in [2.75, 3.05) is 6.61 Å². The third-order valence-electron chi connectivity index (χ3n) is 2.56. The summed E-state index contributed by atoms with van der Waals surface area (Å²) in [6, 6.07) is 10.0. The number of aryl methyl sites for hydroxylation is 1. The number of halogens is 2. The largest absolute Gasteiger partial charge is 0.494 e. The Balaban J connectivity index is 2.39. The molecule has 0 aliphatic carbocycles. The molecule has 0 spiro atoms. The number of hydrogen-bond acceptors (Lipinski definition) is 2. The minimum Gasteiger partial charge on any atom is -0.494 e. The van der Waals surface area contributed by atoms with Crippen molar-refractivity contribution in [1.29, 1.82) is 0 Å². The Bertz CT molecular complexity index is 538. The second-order valence-corrected chi connectivity index (χ2v) is 6.48. The Morgan fingerprint density at radius 2 is 2.11 bits per heavy atom. The van der Waals surface area contributed by atoms with Gasteiger partial charge >= 0.3 is 0 Å². The molecular weight excluding hydrogens is 332 g/mol. The topological polar surface area (TPSA) is 9.23 Å². The van der Waals surface area contributed by atoms with Gasteiger partial charge in [0.05, 0.1) is 12.0 Å². The van der Waals surface area contributed by atoms with E-state index in [1.54, 1.807) is 11.3 Å². The minimum absolute atomic E-state index is 0.180. The smallest absolute Gasteiger partial charge is 0.124 e. The molecule has 0 bridgehead atoms. The fourth-order valence-electron chi connectivity index (χ4n) is 1.79. The lowest BCUT2D eigenvalue weighted by atomic mass is 10.1. The van der Waals surface area contributed by atoms with Gasteiger partial charge in [-0.2, -0.15) is 0 Å². The summed E-state index contributed by atoms with van der Waals surface area (Å²) >= 11 is 11.9. The van der Waals surface area contributed by atoms with Crippen molar-refractivity contribution in [2.45, 2.75) is 19.2 Å². The maximum atomic E-state index is 6.59. The van der Waals surface area contributed by atoms with Crippen LogP contribution < -0.4 is 4.74 Å². The summed E-state index contributed by atoms with van der Waals surface area (Å²) < 4.78 is 6.70. The van der Waals surface area contributed by atoms with E-state index in [9.17, 15) is 0 Å². The van der Waals surface area contributed by atoms with Gasteiger partial charge in [0.15, 0.2) is 0 Å². The molecule has 2 rings (SSSR count). The molecule has 0 amide bonds. The van der Waals surface area contributed by atoms with E-state index in [4.69, 9.17) is 16.3 Å². The molecule has 96 valence electrons. The Morgan fingerprint density at radius 1 is 1.39 bits per heavy atom. The average molecular weight is 346 g/mol. The van der Waals surface area contributed by atoms with Crippen LogP contribution in [0, 0.1) is 6.92 Å². The number of para-hydroxylation sites is 1. The van der Waals surface area contributed by atoms with Gasteiger partial charge in [-0.05, 0) is 41.9 Å². The Labute approximate surface area is 125 Å². The van der Waals surface area contributed by atoms with Gasteiger partial charge in [-0.3, -0.25) is 0 Å². The summed E-state index contributed by atoms with van der Waals surface area (Å²) in [7, 11) is 0. The SMILES string of the molecule is CCOc1ccccc1C(Cl)c1sc(C)cc1Br. The number of benzene rings is 1. The number of hydrogen-bond donors (Lipinski definition) is 0. The molecule has 4 heteroatoms. The van der Waals surface area contributed by atoms with E-state index in [0.29, 0.717) is 6.61 Å². The first-order valence-corrected chi connectivity index (χ1v) is 7.79. The second kappa shape index (κ2) is 6.09. The van der Waals surface area contributed by atoms with E-state index < -0.39 is 0 Å². The standard InChI is InChI=1S/C14H14BrClOS/c1-3-17-12-7-5-4-6-10(12)13(16)14-11(15)8-9(2)18-14/h4-8,13H,3H2,1-2H3. The summed E-state index contributed by atoms with van der Waals surface area (Å²) in [5, 5.41) is -0.180. The lowest BCUT2D eigenvalue weighted by Crippen LogP contribution is -1.99. The molecule has 0 saturated heterocycles. The van der Waals surface area contributed by atoms with Gasteiger partial charge in [-0.1, -0.05) is 18.2 Å². The molecular formula is C14H14BrClOS. The third kappa shape index (κ3) is 2.90. The lowest BCUT2D eigenvalue weighted by molar-refractivity contribution is 0.337. The van der Waals surface area contributed by atoms with E-state index in [-0.39, 0.29) is 5.38 Å². The quantitative estimate of drug-likeness (QED) is 0.660. The second-order valence-electron chi connectivity index (χ2n) is 3.90. The molecule has 1 aromatic carbocycles. The average Bonchev–Trinajstić information content (AvgIpc) is 2.69. The Hall–Kier alpha value is -0.510. The van der Waals surface area contributed by atoms with Crippen molar-refractivity contribution in [3.8, 4) is 5.75 Å². The molecule has 0 N–H and O–H groups in total. The Kier molecular flexibility index (Phi) is 4.71. The molecule has 18 heavy (non-hydrogen) atoms. The highest BCUT2D eigenvalue weighted by molar-refractivity contribution is 9.10. The summed E-state index contributed by atoms with van der Waals surface area (Å²) in [6.07, 6.45) is 0. The molecule has 1 aromatic heterocycles. The van der Waals surface area contributed by atoms with E-state index in [1.165, 1.54) is 4.88 Å². The van der Waals surface area contributed by atoms with Gasteiger partial charge in [0.1, 0.15) is 5.75 Å². The molecule has 1 atom stereocenters. The first-order valence-electron chi connectivity index (χ1n) is 5.75. The van der Waals surface area contributed by atoms with Crippen LogP contribution in [-0.4, -0.2) is 6.61 Å². The zero-order valence-corrected chi connectivity index (χ0v) is 13.4. The van der Waals surface area contributed by atoms with E-state index in [1.807, 2.05) is 31.2 Å². The van der Waals surface area contributed by atoms with Crippen LogP contribution in [0.2, 0.25) is 0 Å². The van der Waals surface area contributed by atoms with Gasteiger partial charge in [0.25, 0.3) is 0 Å². The molecule has 1 unspecified atom stereocenters. The molecule has 1 heterocycles. The van der Waals surface area contributed by atoms with Crippen LogP contribution in [0.3, 0.4) is 0 Å². The van der Waals surface area contributed by atoms with Crippen LogP contribution in [0.15, 0.2) is 34.8 Å². The summed E-state index contributed by atoms with van der Waals surface area (Å²) in [5.41, 5.74) is 1.02. The van der Waals surface area contributed by atoms with Crippen molar-refractivity contribution in [3.63, 3.8) is 0 Å². The van der Waals surface area contributed by atoms with Crippen molar-refractivity contribution in [2.24, 2.45) is 0 Å². The highest BCUT2D eigenvalue weighted by Gasteiger charge is 2.19. The van der Waals surface area contributed by atoms with Gasteiger partial charge in [0.2, 0.25) is 0 Å². The molecule has 0 radical (unpaired) electrons. The fourth-order valence-corrected chi connectivity index (χ4v) is 4.23.